The number of hydrogen-bond donors (Lipinski definition) is 1. The molecule has 0 amide bonds. The van der Waals surface area contributed by atoms with Gasteiger partial charge >= 0.3 is 0 Å². The van der Waals surface area contributed by atoms with E-state index >= 15 is 0 Å². The highest BCUT2D eigenvalue weighted by Gasteiger charge is 2.15. The number of nitrogens with one attached hydrogen (secondary N) is 1. The van der Waals surface area contributed by atoms with Crippen molar-refractivity contribution in [2.45, 2.75) is 44.8 Å². The molecule has 1 atom stereocenters. The van der Waals surface area contributed by atoms with Crippen molar-refractivity contribution in [1.29, 1.82) is 0 Å². The SMILES string of the molecule is CN1CCc2cc(CNCCC3CCCCO3)ccc21. The average Bonchev–Trinajstić information content (AvgIpc) is 2.86. The number of anilines is 1. The van der Waals surface area contributed by atoms with Crippen LogP contribution in [0.2, 0.25) is 0 Å². The minimum absolute atomic E-state index is 0.491. The predicted molar refractivity (Wildman–Crippen MR) is 83.3 cm³/mol. The van der Waals surface area contributed by atoms with Crippen molar-refractivity contribution in [3.05, 3.63) is 29.3 Å². The lowest BCUT2D eigenvalue weighted by molar-refractivity contribution is 0.0115. The molecule has 0 bridgehead atoms. The second-order valence-corrected chi connectivity index (χ2v) is 6.09. The van der Waals surface area contributed by atoms with Gasteiger partial charge in [0, 0.05) is 32.4 Å². The van der Waals surface area contributed by atoms with Crippen LogP contribution in [0, 0.1) is 0 Å². The van der Waals surface area contributed by atoms with Crippen molar-refractivity contribution < 1.29 is 4.74 Å². The quantitative estimate of drug-likeness (QED) is 0.836. The summed E-state index contributed by atoms with van der Waals surface area (Å²) < 4.78 is 5.76. The van der Waals surface area contributed by atoms with Crippen LogP contribution in [0.25, 0.3) is 0 Å². The summed E-state index contributed by atoms with van der Waals surface area (Å²) in [5.74, 6) is 0. The first-order valence-corrected chi connectivity index (χ1v) is 7.98. The molecule has 1 aromatic rings. The van der Waals surface area contributed by atoms with Gasteiger partial charge in [0.05, 0.1) is 6.10 Å². The number of benzene rings is 1. The van der Waals surface area contributed by atoms with Gasteiger partial charge in [0.2, 0.25) is 0 Å². The van der Waals surface area contributed by atoms with E-state index < -0.39 is 0 Å². The average molecular weight is 274 g/mol. The molecule has 2 heterocycles. The number of nitrogens with zero attached hydrogens (tertiary/aromatic N) is 1. The maximum atomic E-state index is 5.76. The first-order chi connectivity index (χ1) is 9.83. The lowest BCUT2D eigenvalue weighted by Crippen LogP contribution is -2.25. The summed E-state index contributed by atoms with van der Waals surface area (Å²) in [6.45, 7) is 4.15. The number of likely N-dealkylation sites (N-methyl/N-ethyl adjacent to an activating group) is 1. The summed E-state index contributed by atoms with van der Waals surface area (Å²) in [6.07, 6.45) is 6.65. The lowest BCUT2D eigenvalue weighted by Gasteiger charge is -2.22. The molecular weight excluding hydrogens is 248 g/mol. The van der Waals surface area contributed by atoms with Crippen LogP contribution in [0.4, 0.5) is 5.69 Å². The van der Waals surface area contributed by atoms with Crippen LogP contribution in [-0.4, -0.2) is 32.8 Å². The zero-order chi connectivity index (χ0) is 13.8. The third-order valence-electron chi connectivity index (χ3n) is 4.52. The third kappa shape index (κ3) is 3.33. The zero-order valence-corrected chi connectivity index (χ0v) is 12.5. The Kier molecular flexibility index (Phi) is 4.58. The van der Waals surface area contributed by atoms with E-state index in [1.165, 1.54) is 42.5 Å². The van der Waals surface area contributed by atoms with Gasteiger partial charge in [0.15, 0.2) is 0 Å². The fourth-order valence-electron chi connectivity index (χ4n) is 3.26. The first kappa shape index (κ1) is 13.9. The highest BCUT2D eigenvalue weighted by Crippen LogP contribution is 2.27. The minimum atomic E-state index is 0.491. The maximum absolute atomic E-state index is 5.76. The Labute approximate surface area is 122 Å². The molecule has 1 N–H and O–H groups in total. The minimum Gasteiger partial charge on any atom is -0.378 e. The number of rotatable bonds is 5. The Morgan fingerprint density at radius 3 is 3.15 bits per heavy atom. The summed E-state index contributed by atoms with van der Waals surface area (Å²) in [7, 11) is 2.17. The molecule has 2 aliphatic rings. The van der Waals surface area contributed by atoms with Crippen molar-refractivity contribution in [2.75, 3.05) is 31.6 Å². The fraction of sp³-hybridized carbons (Fsp3) is 0.647. The van der Waals surface area contributed by atoms with Crippen LogP contribution >= 0.6 is 0 Å². The molecule has 0 saturated carbocycles. The Morgan fingerprint density at radius 2 is 2.30 bits per heavy atom. The van der Waals surface area contributed by atoms with E-state index in [0.29, 0.717) is 6.10 Å². The van der Waals surface area contributed by atoms with E-state index in [9.17, 15) is 0 Å². The Hall–Kier alpha value is -1.06. The molecule has 1 aromatic carbocycles. The molecule has 110 valence electrons. The number of fused-ring (bicyclic) bond motifs is 1. The van der Waals surface area contributed by atoms with E-state index in [2.05, 4.69) is 35.5 Å². The molecule has 2 aliphatic heterocycles. The molecule has 1 unspecified atom stereocenters. The van der Waals surface area contributed by atoms with Crippen LogP contribution in [0.1, 0.15) is 36.8 Å². The standard InChI is InChI=1S/C17H26N2O/c1-19-10-8-15-12-14(5-6-17(15)19)13-18-9-7-16-4-2-3-11-20-16/h5-6,12,16,18H,2-4,7-11,13H2,1H3. The van der Waals surface area contributed by atoms with Crippen LogP contribution < -0.4 is 10.2 Å². The van der Waals surface area contributed by atoms with Gasteiger partial charge in [-0.15, -0.1) is 0 Å². The molecule has 0 radical (unpaired) electrons. The molecule has 3 rings (SSSR count). The fourth-order valence-corrected chi connectivity index (χ4v) is 3.26. The summed E-state index contributed by atoms with van der Waals surface area (Å²) in [5, 5.41) is 3.56. The van der Waals surface area contributed by atoms with E-state index in [0.717, 1.165) is 32.7 Å². The van der Waals surface area contributed by atoms with Crippen molar-refractivity contribution in [3.8, 4) is 0 Å². The van der Waals surface area contributed by atoms with Crippen molar-refractivity contribution in [3.63, 3.8) is 0 Å². The van der Waals surface area contributed by atoms with Gasteiger partial charge in [0.1, 0.15) is 0 Å². The summed E-state index contributed by atoms with van der Waals surface area (Å²) in [6, 6.07) is 6.89. The molecule has 1 saturated heterocycles. The predicted octanol–water partition coefficient (Wildman–Crippen LogP) is 2.73. The number of hydrogen-bond acceptors (Lipinski definition) is 3. The van der Waals surface area contributed by atoms with Gasteiger partial charge < -0.3 is 15.0 Å². The highest BCUT2D eigenvalue weighted by atomic mass is 16.5. The van der Waals surface area contributed by atoms with Crippen molar-refractivity contribution >= 4 is 5.69 Å². The van der Waals surface area contributed by atoms with Gasteiger partial charge in [0.25, 0.3) is 0 Å². The van der Waals surface area contributed by atoms with Crippen molar-refractivity contribution in [1.82, 2.24) is 5.32 Å². The molecule has 0 aromatic heterocycles. The molecule has 0 aliphatic carbocycles. The smallest absolute Gasteiger partial charge is 0.0587 e. The highest BCUT2D eigenvalue weighted by molar-refractivity contribution is 5.58. The zero-order valence-electron chi connectivity index (χ0n) is 12.5. The molecule has 3 nitrogen and oxygen atoms in total. The van der Waals surface area contributed by atoms with Gasteiger partial charge in [-0.05, 0) is 55.8 Å². The van der Waals surface area contributed by atoms with E-state index in [4.69, 9.17) is 4.74 Å². The van der Waals surface area contributed by atoms with Gasteiger partial charge in [-0.3, -0.25) is 0 Å². The van der Waals surface area contributed by atoms with Gasteiger partial charge in [-0.1, -0.05) is 12.1 Å². The van der Waals surface area contributed by atoms with Crippen molar-refractivity contribution in [2.24, 2.45) is 0 Å². The van der Waals surface area contributed by atoms with Gasteiger partial charge in [-0.25, -0.2) is 0 Å². The molecular formula is C17H26N2O. The van der Waals surface area contributed by atoms with Crippen LogP contribution in [0.3, 0.4) is 0 Å². The monoisotopic (exact) mass is 274 g/mol. The van der Waals surface area contributed by atoms with E-state index in [1.807, 2.05) is 0 Å². The first-order valence-electron chi connectivity index (χ1n) is 7.98. The lowest BCUT2D eigenvalue weighted by atomic mass is 10.1. The topological polar surface area (TPSA) is 24.5 Å². The summed E-state index contributed by atoms with van der Waals surface area (Å²) in [5.41, 5.74) is 4.32. The normalized spacial score (nSPS) is 22.1. The van der Waals surface area contributed by atoms with Gasteiger partial charge in [-0.2, -0.15) is 0 Å². The van der Waals surface area contributed by atoms with E-state index in [1.54, 1.807) is 0 Å². The summed E-state index contributed by atoms with van der Waals surface area (Å²) >= 11 is 0. The Morgan fingerprint density at radius 1 is 1.35 bits per heavy atom. The Balaban J connectivity index is 1.42. The third-order valence-corrected chi connectivity index (χ3v) is 4.52. The van der Waals surface area contributed by atoms with Crippen LogP contribution in [0.5, 0.6) is 0 Å². The molecule has 3 heteroatoms. The molecule has 20 heavy (non-hydrogen) atoms. The largest absolute Gasteiger partial charge is 0.378 e. The maximum Gasteiger partial charge on any atom is 0.0587 e. The van der Waals surface area contributed by atoms with Crippen LogP contribution in [-0.2, 0) is 17.7 Å². The van der Waals surface area contributed by atoms with Crippen LogP contribution in [0.15, 0.2) is 18.2 Å². The number of ether oxygens (including phenoxy) is 1. The summed E-state index contributed by atoms with van der Waals surface area (Å²) in [4.78, 5) is 2.34. The molecule has 0 spiro atoms. The second kappa shape index (κ2) is 6.59. The Bertz CT molecular complexity index is 441. The molecule has 1 fully saturated rings. The second-order valence-electron chi connectivity index (χ2n) is 6.09. The van der Waals surface area contributed by atoms with E-state index in [-0.39, 0.29) is 0 Å².